The quantitative estimate of drug-likeness (QED) is 0.406. The van der Waals surface area contributed by atoms with Crippen molar-refractivity contribution in [3.63, 3.8) is 0 Å². The molecule has 0 aromatic carbocycles. The summed E-state index contributed by atoms with van der Waals surface area (Å²) in [5.41, 5.74) is 7.90. The van der Waals surface area contributed by atoms with Crippen molar-refractivity contribution < 1.29 is 18.4 Å². The van der Waals surface area contributed by atoms with Crippen LogP contribution in [0.2, 0.25) is 5.02 Å². The number of alkyl halides is 2. The third-order valence-corrected chi connectivity index (χ3v) is 6.93. The van der Waals surface area contributed by atoms with E-state index < -0.39 is 23.9 Å². The number of nitrogens with zero attached hydrogens (tertiary/aromatic N) is 5. The number of carbonyl (C=O) groups is 2. The average molecular weight is 508 g/mol. The fraction of sp³-hybridized carbons (Fsp3) is 0.286. The monoisotopic (exact) mass is 507 g/mol. The van der Waals surface area contributed by atoms with Crippen LogP contribution in [0.5, 0.6) is 0 Å². The minimum absolute atomic E-state index is 0.00328. The van der Waals surface area contributed by atoms with Crippen molar-refractivity contribution >= 4 is 50.7 Å². The maximum absolute atomic E-state index is 13.6. The molecule has 3 N–H and O–H groups in total. The molecule has 34 heavy (non-hydrogen) atoms. The Bertz CT molecular complexity index is 1460. The smallest absolute Gasteiger partial charge is 0.280 e. The van der Waals surface area contributed by atoms with Gasteiger partial charge in [-0.05, 0) is 32.4 Å². The van der Waals surface area contributed by atoms with Gasteiger partial charge in [0.2, 0.25) is 5.91 Å². The van der Waals surface area contributed by atoms with Crippen LogP contribution in [0.1, 0.15) is 38.9 Å². The van der Waals surface area contributed by atoms with Crippen LogP contribution < -0.4 is 11.1 Å². The normalized spacial score (nSPS) is 11.5. The molecule has 4 rings (SSSR count). The fourth-order valence-corrected chi connectivity index (χ4v) is 4.89. The molecule has 0 fully saturated rings. The lowest BCUT2D eigenvalue weighted by molar-refractivity contribution is -0.116. The van der Waals surface area contributed by atoms with Crippen LogP contribution in [0.3, 0.4) is 0 Å². The fourth-order valence-electron chi connectivity index (χ4n) is 3.74. The molecular formula is C21H20ClF2N7O2S. The van der Waals surface area contributed by atoms with Crippen LogP contribution in [0.4, 0.5) is 14.5 Å². The number of nitrogens with two attached hydrogens (primary N) is 1. The first-order valence-electron chi connectivity index (χ1n) is 10.0. The van der Waals surface area contributed by atoms with Crippen molar-refractivity contribution in [3.8, 4) is 11.1 Å². The predicted molar refractivity (Wildman–Crippen MR) is 125 cm³/mol. The third-order valence-electron chi connectivity index (χ3n) is 5.28. The molecule has 4 aromatic heterocycles. The standard InChI is InChI=1S/C21H20ClF2N7O2S/c1-8-12(6-30(4)28-8)11-5-13(19(23)24)26-21-15(11)17(18(34-21)20(25)33)27-14(32)7-31-10(3)16(22)9(2)29-31/h5-6,19H,7H2,1-4H3,(H2,25,33)(H,27,32). The zero-order valence-electron chi connectivity index (χ0n) is 18.6. The average Bonchev–Trinajstić information content (AvgIpc) is 3.37. The second-order valence-electron chi connectivity index (χ2n) is 7.74. The highest BCUT2D eigenvalue weighted by Crippen LogP contribution is 2.43. The van der Waals surface area contributed by atoms with Gasteiger partial charge in [-0.2, -0.15) is 10.2 Å². The molecule has 0 atom stereocenters. The second kappa shape index (κ2) is 8.76. The highest BCUT2D eigenvalue weighted by atomic mass is 35.5. The number of anilines is 1. The molecule has 0 aliphatic rings. The highest BCUT2D eigenvalue weighted by Gasteiger charge is 2.26. The number of pyridine rings is 1. The molecule has 4 aromatic rings. The maximum Gasteiger partial charge on any atom is 0.280 e. The Morgan fingerprint density at radius 2 is 1.91 bits per heavy atom. The van der Waals surface area contributed by atoms with Crippen molar-refractivity contribution in [3.05, 3.63) is 44.9 Å². The number of aromatic nitrogens is 5. The number of aryl methyl sites for hydroxylation is 3. The number of hydrogen-bond donors (Lipinski definition) is 2. The molecule has 0 saturated carbocycles. The molecule has 9 nitrogen and oxygen atoms in total. The maximum atomic E-state index is 13.6. The largest absolute Gasteiger partial charge is 0.365 e. The van der Waals surface area contributed by atoms with Crippen LogP contribution in [-0.4, -0.2) is 36.4 Å². The number of carbonyl (C=O) groups excluding carboxylic acids is 2. The Labute approximate surface area is 201 Å². The van der Waals surface area contributed by atoms with Gasteiger partial charge >= 0.3 is 0 Å². The second-order valence-corrected chi connectivity index (χ2v) is 9.12. The lowest BCUT2D eigenvalue weighted by Gasteiger charge is -2.11. The van der Waals surface area contributed by atoms with Crippen molar-refractivity contribution in [1.82, 2.24) is 24.5 Å². The van der Waals surface area contributed by atoms with E-state index >= 15 is 0 Å². The first-order valence-corrected chi connectivity index (χ1v) is 11.2. The summed E-state index contributed by atoms with van der Waals surface area (Å²) in [6.07, 6.45) is -1.17. The summed E-state index contributed by atoms with van der Waals surface area (Å²) < 4.78 is 30.2. The lowest BCUT2D eigenvalue weighted by atomic mass is 10.0. The topological polar surface area (TPSA) is 121 Å². The molecule has 2 amide bonds. The van der Waals surface area contributed by atoms with Crippen LogP contribution in [0, 0.1) is 20.8 Å². The van der Waals surface area contributed by atoms with E-state index in [1.807, 2.05) is 0 Å². The number of rotatable bonds is 6. The summed E-state index contributed by atoms with van der Waals surface area (Å²) in [7, 11) is 1.70. The van der Waals surface area contributed by atoms with Crippen molar-refractivity contribution in [1.29, 1.82) is 0 Å². The van der Waals surface area contributed by atoms with Crippen LogP contribution in [0.15, 0.2) is 12.3 Å². The zero-order chi connectivity index (χ0) is 24.9. The summed E-state index contributed by atoms with van der Waals surface area (Å²) in [4.78, 5) is 29.3. The van der Waals surface area contributed by atoms with Gasteiger partial charge in [0.05, 0.1) is 27.8 Å². The number of hydrogen-bond acceptors (Lipinski definition) is 6. The van der Waals surface area contributed by atoms with Crippen LogP contribution >= 0.6 is 22.9 Å². The van der Waals surface area contributed by atoms with Gasteiger partial charge in [0, 0.05) is 24.2 Å². The number of nitrogens with one attached hydrogen (secondary N) is 1. The number of fused-ring (bicyclic) bond motifs is 1. The summed E-state index contributed by atoms with van der Waals surface area (Å²) >= 11 is 7.00. The Morgan fingerprint density at radius 1 is 1.21 bits per heavy atom. The van der Waals surface area contributed by atoms with Gasteiger partial charge in [0.25, 0.3) is 12.3 Å². The number of amides is 2. The van der Waals surface area contributed by atoms with Crippen LogP contribution in [-0.2, 0) is 18.4 Å². The molecule has 0 unspecified atom stereocenters. The first-order chi connectivity index (χ1) is 16.0. The first kappa shape index (κ1) is 23.8. The SMILES string of the molecule is Cc1nn(C)cc1-c1cc(C(F)F)nc2sc(C(N)=O)c(NC(=O)Cn3nc(C)c(Cl)c3C)c12. The summed E-state index contributed by atoms with van der Waals surface area (Å²) in [5, 5.41) is 12.0. The van der Waals surface area contributed by atoms with Gasteiger partial charge in [-0.1, -0.05) is 11.6 Å². The lowest BCUT2D eigenvalue weighted by Crippen LogP contribution is -2.22. The van der Waals surface area contributed by atoms with E-state index in [9.17, 15) is 18.4 Å². The third kappa shape index (κ3) is 4.14. The molecule has 13 heteroatoms. The van der Waals surface area contributed by atoms with E-state index in [0.717, 1.165) is 11.3 Å². The molecule has 4 heterocycles. The summed E-state index contributed by atoms with van der Waals surface area (Å²) in [5.74, 6) is -1.32. The molecule has 178 valence electrons. The molecule has 0 radical (unpaired) electrons. The molecular weight excluding hydrogens is 488 g/mol. The summed E-state index contributed by atoms with van der Waals surface area (Å²) in [6.45, 7) is 4.99. The van der Waals surface area contributed by atoms with E-state index in [1.165, 1.54) is 10.7 Å². The number of thiophene rings is 1. The minimum Gasteiger partial charge on any atom is -0.365 e. The number of primary amides is 1. The van der Waals surface area contributed by atoms with Gasteiger partial charge in [0.15, 0.2) is 0 Å². The van der Waals surface area contributed by atoms with Gasteiger partial charge in [-0.15, -0.1) is 11.3 Å². The predicted octanol–water partition coefficient (Wildman–Crippen LogP) is 4.15. The highest BCUT2D eigenvalue weighted by molar-refractivity contribution is 7.21. The van der Waals surface area contributed by atoms with Gasteiger partial charge < -0.3 is 11.1 Å². The van der Waals surface area contributed by atoms with E-state index in [-0.39, 0.29) is 21.9 Å². The van der Waals surface area contributed by atoms with Crippen molar-refractivity contribution in [2.75, 3.05) is 5.32 Å². The molecule has 0 aliphatic carbocycles. The van der Waals surface area contributed by atoms with Gasteiger partial charge in [0.1, 0.15) is 21.9 Å². The van der Waals surface area contributed by atoms with Crippen molar-refractivity contribution in [2.24, 2.45) is 12.8 Å². The minimum atomic E-state index is -2.84. The summed E-state index contributed by atoms with van der Waals surface area (Å²) in [6, 6.07) is 1.24. The van der Waals surface area contributed by atoms with Crippen molar-refractivity contribution in [2.45, 2.75) is 33.7 Å². The van der Waals surface area contributed by atoms with E-state index in [0.29, 0.717) is 38.6 Å². The van der Waals surface area contributed by atoms with Gasteiger partial charge in [-0.3, -0.25) is 19.0 Å². The number of halogens is 3. The van der Waals surface area contributed by atoms with E-state index in [4.69, 9.17) is 17.3 Å². The zero-order valence-corrected chi connectivity index (χ0v) is 20.2. The van der Waals surface area contributed by atoms with Gasteiger partial charge in [-0.25, -0.2) is 13.8 Å². The Balaban J connectivity index is 1.88. The Kier molecular flexibility index (Phi) is 6.13. The van der Waals surface area contributed by atoms with Crippen LogP contribution in [0.25, 0.3) is 21.3 Å². The molecule has 0 spiro atoms. The molecule has 0 saturated heterocycles. The molecule has 0 aliphatic heterocycles. The van der Waals surface area contributed by atoms with E-state index in [2.05, 4.69) is 20.5 Å². The Morgan fingerprint density at radius 3 is 2.44 bits per heavy atom. The van der Waals surface area contributed by atoms with E-state index in [1.54, 1.807) is 38.7 Å². The molecule has 0 bridgehead atoms. The Hall–Kier alpha value is -3.38.